The molecule has 0 aromatic rings. The lowest BCUT2D eigenvalue weighted by Gasteiger charge is -2.41. The van der Waals surface area contributed by atoms with Gasteiger partial charge in [-0.3, -0.25) is 0 Å². The topological polar surface area (TPSA) is 12.0 Å². The third-order valence-corrected chi connectivity index (χ3v) is 3.92. The van der Waals surface area contributed by atoms with Crippen molar-refractivity contribution in [3.8, 4) is 0 Å². The maximum atomic E-state index is 3.69. The average Bonchev–Trinajstić information content (AvgIpc) is 2.12. The molecule has 2 unspecified atom stereocenters. The van der Waals surface area contributed by atoms with E-state index in [1.807, 2.05) is 0 Å². The summed E-state index contributed by atoms with van der Waals surface area (Å²) in [5.41, 5.74) is 0.741. The minimum absolute atomic E-state index is 0.264. The molecule has 1 aliphatic rings. The molecular formula is C15H31N. The van der Waals surface area contributed by atoms with Gasteiger partial charge in [0.1, 0.15) is 0 Å². The molecule has 1 aliphatic carbocycles. The van der Waals surface area contributed by atoms with Crippen molar-refractivity contribution in [1.82, 2.24) is 5.32 Å². The molecule has 96 valence electrons. The van der Waals surface area contributed by atoms with E-state index in [-0.39, 0.29) is 5.54 Å². The van der Waals surface area contributed by atoms with E-state index in [2.05, 4.69) is 46.9 Å². The molecule has 1 rings (SSSR count). The van der Waals surface area contributed by atoms with Gasteiger partial charge in [-0.2, -0.15) is 0 Å². The van der Waals surface area contributed by atoms with Crippen molar-refractivity contribution in [2.75, 3.05) is 6.54 Å². The molecule has 1 saturated carbocycles. The first-order valence-electron chi connectivity index (χ1n) is 6.95. The zero-order chi connectivity index (χ0) is 12.4. The van der Waals surface area contributed by atoms with Crippen LogP contribution in [0.15, 0.2) is 0 Å². The van der Waals surface area contributed by atoms with Crippen LogP contribution in [-0.4, -0.2) is 12.1 Å². The molecule has 1 N–H and O–H groups in total. The van der Waals surface area contributed by atoms with Crippen LogP contribution in [0, 0.1) is 17.3 Å². The summed E-state index contributed by atoms with van der Waals surface area (Å²) in [4.78, 5) is 0. The summed E-state index contributed by atoms with van der Waals surface area (Å²) in [6.07, 6.45) is 5.72. The average molecular weight is 225 g/mol. The first-order valence-corrected chi connectivity index (χ1v) is 6.95. The molecular weight excluding hydrogens is 194 g/mol. The van der Waals surface area contributed by atoms with Crippen LogP contribution in [0.25, 0.3) is 0 Å². The summed E-state index contributed by atoms with van der Waals surface area (Å²) >= 11 is 0. The molecule has 0 saturated heterocycles. The highest BCUT2D eigenvalue weighted by Crippen LogP contribution is 2.41. The summed E-state index contributed by atoms with van der Waals surface area (Å²) in [6, 6.07) is 0. The zero-order valence-electron chi connectivity index (χ0n) is 12.2. The number of rotatable bonds is 2. The Hall–Kier alpha value is -0.0400. The highest BCUT2D eigenvalue weighted by molar-refractivity contribution is 4.86. The maximum absolute atomic E-state index is 3.69. The molecule has 1 nitrogen and oxygen atoms in total. The van der Waals surface area contributed by atoms with Gasteiger partial charge in [0.05, 0.1) is 0 Å². The fraction of sp³-hybridized carbons (Fsp3) is 1.00. The fourth-order valence-corrected chi connectivity index (χ4v) is 3.03. The van der Waals surface area contributed by atoms with Crippen molar-refractivity contribution >= 4 is 0 Å². The first-order chi connectivity index (χ1) is 7.20. The molecule has 0 aromatic heterocycles. The minimum Gasteiger partial charge on any atom is -0.312 e. The second kappa shape index (κ2) is 5.08. The van der Waals surface area contributed by atoms with Gasteiger partial charge in [0, 0.05) is 5.54 Å². The van der Waals surface area contributed by atoms with Crippen molar-refractivity contribution in [3.05, 3.63) is 0 Å². The number of nitrogens with one attached hydrogen (secondary N) is 1. The second-order valence-corrected chi connectivity index (χ2v) is 7.65. The van der Waals surface area contributed by atoms with Crippen LogP contribution in [-0.2, 0) is 0 Å². The molecule has 2 atom stereocenters. The van der Waals surface area contributed by atoms with Crippen molar-refractivity contribution < 1.29 is 0 Å². The quantitative estimate of drug-likeness (QED) is 0.741. The highest BCUT2D eigenvalue weighted by atomic mass is 14.9. The SMILES string of the molecule is CC(C)(C)NCC1CCCCC1C(C)(C)C. The van der Waals surface area contributed by atoms with E-state index < -0.39 is 0 Å². The molecule has 1 fully saturated rings. The van der Waals surface area contributed by atoms with Crippen molar-refractivity contribution in [2.45, 2.75) is 72.8 Å². The lowest BCUT2D eigenvalue weighted by molar-refractivity contribution is 0.101. The number of hydrogen-bond donors (Lipinski definition) is 1. The Morgan fingerprint density at radius 2 is 1.50 bits per heavy atom. The van der Waals surface area contributed by atoms with Crippen LogP contribution in [0.1, 0.15) is 67.2 Å². The Balaban J connectivity index is 2.54. The summed E-state index contributed by atoms with van der Waals surface area (Å²) < 4.78 is 0. The molecule has 0 spiro atoms. The molecule has 0 amide bonds. The first kappa shape index (κ1) is 14.0. The van der Waals surface area contributed by atoms with Gasteiger partial charge in [0.25, 0.3) is 0 Å². The minimum atomic E-state index is 0.264. The number of hydrogen-bond acceptors (Lipinski definition) is 1. The lowest BCUT2D eigenvalue weighted by Crippen LogP contribution is -2.43. The molecule has 0 aromatic carbocycles. The van der Waals surface area contributed by atoms with Crippen LogP contribution in [0.5, 0.6) is 0 Å². The third-order valence-electron chi connectivity index (χ3n) is 3.92. The van der Waals surface area contributed by atoms with E-state index in [9.17, 15) is 0 Å². The summed E-state index contributed by atoms with van der Waals surface area (Å²) in [5.74, 6) is 1.78. The molecule has 0 heterocycles. The molecule has 0 aliphatic heterocycles. The van der Waals surface area contributed by atoms with Crippen LogP contribution in [0.2, 0.25) is 0 Å². The van der Waals surface area contributed by atoms with Crippen molar-refractivity contribution in [1.29, 1.82) is 0 Å². The van der Waals surface area contributed by atoms with Gasteiger partial charge in [-0.25, -0.2) is 0 Å². The van der Waals surface area contributed by atoms with Crippen molar-refractivity contribution in [3.63, 3.8) is 0 Å². The normalized spacial score (nSPS) is 28.1. The molecule has 1 heteroatoms. The summed E-state index contributed by atoms with van der Waals surface area (Å²) in [6.45, 7) is 15.2. The Kier molecular flexibility index (Phi) is 4.45. The predicted octanol–water partition coefficient (Wildman–Crippen LogP) is 4.23. The van der Waals surface area contributed by atoms with E-state index in [1.54, 1.807) is 0 Å². The van der Waals surface area contributed by atoms with Crippen LogP contribution in [0.4, 0.5) is 0 Å². The van der Waals surface area contributed by atoms with E-state index in [1.165, 1.54) is 32.2 Å². The van der Waals surface area contributed by atoms with Gasteiger partial charge < -0.3 is 5.32 Å². The molecule has 0 radical (unpaired) electrons. The Bertz CT molecular complexity index is 206. The van der Waals surface area contributed by atoms with Gasteiger partial charge >= 0.3 is 0 Å². The highest BCUT2D eigenvalue weighted by Gasteiger charge is 2.34. The van der Waals surface area contributed by atoms with Crippen LogP contribution >= 0.6 is 0 Å². The largest absolute Gasteiger partial charge is 0.312 e. The summed E-state index contributed by atoms with van der Waals surface area (Å²) in [7, 11) is 0. The van der Waals surface area contributed by atoms with Crippen LogP contribution < -0.4 is 5.32 Å². The van der Waals surface area contributed by atoms with Gasteiger partial charge in [0.2, 0.25) is 0 Å². The monoisotopic (exact) mass is 225 g/mol. The molecule has 16 heavy (non-hydrogen) atoms. The van der Waals surface area contributed by atoms with Crippen molar-refractivity contribution in [2.24, 2.45) is 17.3 Å². The van der Waals surface area contributed by atoms with Gasteiger partial charge in [-0.15, -0.1) is 0 Å². The standard InChI is InChI=1S/C15H31N/c1-14(2,3)13-10-8-7-9-12(13)11-16-15(4,5)6/h12-13,16H,7-11H2,1-6H3. The third kappa shape index (κ3) is 4.45. The van der Waals surface area contributed by atoms with Crippen LogP contribution in [0.3, 0.4) is 0 Å². The smallest absolute Gasteiger partial charge is 0.00966 e. The van der Waals surface area contributed by atoms with Gasteiger partial charge in [-0.05, 0) is 57.4 Å². The van der Waals surface area contributed by atoms with E-state index in [4.69, 9.17) is 0 Å². The van der Waals surface area contributed by atoms with Gasteiger partial charge in [0.15, 0.2) is 0 Å². The predicted molar refractivity (Wildman–Crippen MR) is 72.7 cm³/mol. The maximum Gasteiger partial charge on any atom is 0.00966 e. The van der Waals surface area contributed by atoms with E-state index in [0.29, 0.717) is 5.41 Å². The lowest BCUT2D eigenvalue weighted by atomic mass is 9.66. The second-order valence-electron chi connectivity index (χ2n) is 7.65. The van der Waals surface area contributed by atoms with E-state index >= 15 is 0 Å². The Morgan fingerprint density at radius 3 is 2.00 bits per heavy atom. The zero-order valence-corrected chi connectivity index (χ0v) is 12.2. The Labute approximate surface area is 102 Å². The van der Waals surface area contributed by atoms with Gasteiger partial charge in [-0.1, -0.05) is 33.6 Å². The Morgan fingerprint density at radius 1 is 0.938 bits per heavy atom. The summed E-state index contributed by atoms with van der Waals surface area (Å²) in [5, 5.41) is 3.69. The fourth-order valence-electron chi connectivity index (χ4n) is 3.03. The molecule has 0 bridgehead atoms. The van der Waals surface area contributed by atoms with E-state index in [0.717, 1.165) is 11.8 Å².